The minimum Gasteiger partial charge on any atom is -0.493 e. The zero-order valence-corrected chi connectivity index (χ0v) is 19.0. The van der Waals surface area contributed by atoms with Gasteiger partial charge in [-0.2, -0.15) is 13.2 Å². The molecule has 0 spiro atoms. The summed E-state index contributed by atoms with van der Waals surface area (Å²) < 4.78 is 62.6. The fourth-order valence-corrected chi connectivity index (χ4v) is 3.65. The Balaban J connectivity index is 0.000000270. The lowest BCUT2D eigenvalue weighted by molar-refractivity contribution is -0.215. The van der Waals surface area contributed by atoms with Crippen LogP contribution >= 0.6 is 0 Å². The van der Waals surface area contributed by atoms with E-state index in [2.05, 4.69) is 10.3 Å². The molecule has 4 unspecified atom stereocenters. The number of halogens is 4. The Morgan fingerprint density at radius 1 is 1.32 bits per heavy atom. The van der Waals surface area contributed by atoms with Crippen LogP contribution in [0.5, 0.6) is 5.75 Å². The molecule has 11 heteroatoms. The molecular weight excluding hydrogens is 460 g/mol. The average molecular weight is 488 g/mol. The molecule has 34 heavy (non-hydrogen) atoms. The number of pyridine rings is 1. The van der Waals surface area contributed by atoms with Gasteiger partial charge in [0.05, 0.1) is 37.4 Å². The van der Waals surface area contributed by atoms with E-state index in [0.717, 1.165) is 0 Å². The summed E-state index contributed by atoms with van der Waals surface area (Å²) in [6.45, 7) is 4.73. The summed E-state index contributed by atoms with van der Waals surface area (Å²) in [5, 5.41) is 20.2. The number of aliphatic hydroxyl groups is 2. The second-order valence-electron chi connectivity index (χ2n) is 7.72. The van der Waals surface area contributed by atoms with E-state index in [0.29, 0.717) is 41.3 Å². The molecule has 1 aromatic carbocycles. The van der Waals surface area contributed by atoms with Gasteiger partial charge in [0.2, 0.25) is 6.41 Å². The van der Waals surface area contributed by atoms with Crippen molar-refractivity contribution in [2.75, 3.05) is 25.1 Å². The Bertz CT molecular complexity index is 940. The molecule has 1 aromatic heterocycles. The van der Waals surface area contributed by atoms with E-state index in [4.69, 9.17) is 19.7 Å². The van der Waals surface area contributed by atoms with E-state index in [-0.39, 0.29) is 13.2 Å². The molecule has 2 heterocycles. The minimum atomic E-state index is -4.39. The Kier molecular flexibility index (Phi) is 9.77. The molecule has 0 radical (unpaired) electrons. The van der Waals surface area contributed by atoms with Crippen LogP contribution in [0, 0.1) is 18.7 Å². The summed E-state index contributed by atoms with van der Waals surface area (Å²) in [7, 11) is 0. The van der Waals surface area contributed by atoms with Gasteiger partial charge in [0.15, 0.2) is 6.10 Å². The number of nitrogens with zero attached hydrogens (tertiary/aromatic N) is 1. The summed E-state index contributed by atoms with van der Waals surface area (Å²) in [6, 6.07) is 5.89. The number of hydrogen-bond acceptors (Lipinski definition) is 6. The first-order valence-electron chi connectivity index (χ1n) is 10.6. The fraction of sp³-hybridized carbons (Fsp3) is 0.478. The van der Waals surface area contributed by atoms with Crippen LogP contribution in [0.3, 0.4) is 0 Å². The lowest BCUT2D eigenvalue weighted by Crippen LogP contribution is -2.33. The fourth-order valence-electron chi connectivity index (χ4n) is 3.65. The molecule has 0 saturated carbocycles. The van der Waals surface area contributed by atoms with Crippen LogP contribution in [0.1, 0.15) is 42.7 Å². The van der Waals surface area contributed by atoms with Crippen molar-refractivity contribution in [2.45, 2.75) is 45.1 Å². The van der Waals surface area contributed by atoms with Crippen molar-refractivity contribution in [1.29, 1.82) is 0 Å². The number of alkyl halides is 3. The molecule has 1 saturated heterocycles. The summed E-state index contributed by atoms with van der Waals surface area (Å²) >= 11 is 0. The van der Waals surface area contributed by atoms with Gasteiger partial charge in [-0.25, -0.2) is 4.39 Å². The van der Waals surface area contributed by atoms with Gasteiger partial charge in [-0.1, -0.05) is 13.0 Å². The average Bonchev–Trinajstić information content (AvgIpc) is 3.19. The molecule has 2 aromatic rings. The smallest absolute Gasteiger partial charge is 0.414 e. The maximum atomic E-state index is 13.6. The molecule has 188 valence electrons. The molecule has 7 nitrogen and oxygen atoms in total. The summed E-state index contributed by atoms with van der Waals surface area (Å²) in [6.07, 6.45) is -5.20. The molecule has 1 amide bonds. The Morgan fingerprint density at radius 3 is 2.53 bits per heavy atom. The third-order valence-corrected chi connectivity index (χ3v) is 5.47. The quantitative estimate of drug-likeness (QED) is 0.404. The van der Waals surface area contributed by atoms with Crippen LogP contribution in [0.4, 0.5) is 23.2 Å². The topological polar surface area (TPSA) is 101 Å². The van der Waals surface area contributed by atoms with Gasteiger partial charge in [-0.15, -0.1) is 0 Å². The summed E-state index contributed by atoms with van der Waals surface area (Å²) in [4.78, 5) is 13.9. The predicted molar refractivity (Wildman–Crippen MR) is 116 cm³/mol. The van der Waals surface area contributed by atoms with E-state index in [9.17, 15) is 22.4 Å². The Hall–Kier alpha value is -2.76. The number of aliphatic hydroxyl groups excluding tert-OH is 2. The molecule has 4 atom stereocenters. The van der Waals surface area contributed by atoms with Crippen LogP contribution in [0.15, 0.2) is 30.5 Å². The number of rotatable bonds is 7. The standard InChI is InChI=1S/C15H18F4O2.C8H10N2O3/c1-4-20-13-9(3)12(16)6-5-10(13)11-7-21-14(8(11)2)15(17,18)19;11-4-8(13)7-2-1-6(3-9-7)10-5-12/h5-6,8,11,14H,4,7H2,1-3H3;1-3,5,8,11,13H,4H2,(H,10,12). The first-order chi connectivity index (χ1) is 16.0. The van der Waals surface area contributed by atoms with Crippen molar-refractivity contribution >= 4 is 12.1 Å². The van der Waals surface area contributed by atoms with Crippen molar-refractivity contribution in [3.05, 3.63) is 53.1 Å². The monoisotopic (exact) mass is 488 g/mol. The van der Waals surface area contributed by atoms with Gasteiger partial charge in [-0.05, 0) is 32.0 Å². The van der Waals surface area contributed by atoms with Crippen LogP contribution in [-0.4, -0.2) is 53.7 Å². The normalized spacial score (nSPS) is 20.8. The van der Waals surface area contributed by atoms with E-state index >= 15 is 0 Å². The summed E-state index contributed by atoms with van der Waals surface area (Å²) in [5.41, 5.74) is 1.81. The van der Waals surface area contributed by atoms with Crippen LogP contribution in [0.2, 0.25) is 0 Å². The van der Waals surface area contributed by atoms with E-state index in [1.165, 1.54) is 31.3 Å². The SMILES string of the molecule is CCOc1c(C2COC(C(F)(F)F)C2C)ccc(F)c1C.O=CNc1ccc(C(O)CO)nc1. The molecule has 3 N–H and O–H groups in total. The minimum absolute atomic E-state index is 0.0451. The highest BCUT2D eigenvalue weighted by molar-refractivity contribution is 5.70. The zero-order valence-electron chi connectivity index (χ0n) is 19.0. The van der Waals surface area contributed by atoms with Crippen LogP contribution in [-0.2, 0) is 9.53 Å². The van der Waals surface area contributed by atoms with Gasteiger partial charge in [0.1, 0.15) is 17.7 Å². The second-order valence-corrected chi connectivity index (χ2v) is 7.72. The third kappa shape index (κ3) is 6.64. The molecule has 0 bridgehead atoms. The number of carbonyl (C=O) groups excluding carboxylic acids is 1. The summed E-state index contributed by atoms with van der Waals surface area (Å²) in [5.74, 6) is -1.30. The molecule has 0 aliphatic carbocycles. The zero-order chi connectivity index (χ0) is 25.5. The van der Waals surface area contributed by atoms with Crippen molar-refractivity contribution in [1.82, 2.24) is 4.98 Å². The van der Waals surface area contributed by atoms with Gasteiger partial charge in [0, 0.05) is 23.0 Å². The number of benzene rings is 1. The lowest BCUT2D eigenvalue weighted by atomic mass is 9.85. The highest BCUT2D eigenvalue weighted by Crippen LogP contribution is 2.45. The largest absolute Gasteiger partial charge is 0.493 e. The van der Waals surface area contributed by atoms with Crippen molar-refractivity contribution in [2.24, 2.45) is 5.92 Å². The maximum absolute atomic E-state index is 13.6. The number of carbonyl (C=O) groups is 1. The van der Waals surface area contributed by atoms with Crippen LogP contribution < -0.4 is 10.1 Å². The molecule has 1 aliphatic heterocycles. The van der Waals surface area contributed by atoms with Gasteiger partial charge >= 0.3 is 6.18 Å². The second kappa shape index (κ2) is 12.1. The first-order valence-corrected chi connectivity index (χ1v) is 10.6. The van der Waals surface area contributed by atoms with Gasteiger partial charge < -0.3 is 25.0 Å². The van der Waals surface area contributed by atoms with Crippen LogP contribution in [0.25, 0.3) is 0 Å². The predicted octanol–water partition coefficient (Wildman–Crippen LogP) is 3.89. The maximum Gasteiger partial charge on any atom is 0.414 e. The van der Waals surface area contributed by atoms with E-state index in [1.54, 1.807) is 19.9 Å². The number of hydrogen-bond donors (Lipinski definition) is 3. The van der Waals surface area contributed by atoms with E-state index in [1.807, 2.05) is 0 Å². The molecule has 1 fully saturated rings. The number of anilines is 1. The Labute approximate surface area is 194 Å². The molecule has 3 rings (SSSR count). The van der Waals surface area contributed by atoms with E-state index < -0.39 is 36.0 Å². The van der Waals surface area contributed by atoms with Crippen molar-refractivity contribution in [3.63, 3.8) is 0 Å². The first kappa shape index (κ1) is 27.5. The van der Waals surface area contributed by atoms with Gasteiger partial charge in [-0.3, -0.25) is 9.78 Å². The number of aromatic nitrogens is 1. The lowest BCUT2D eigenvalue weighted by Gasteiger charge is -2.23. The highest BCUT2D eigenvalue weighted by atomic mass is 19.4. The Morgan fingerprint density at radius 2 is 2.03 bits per heavy atom. The van der Waals surface area contributed by atoms with Crippen molar-refractivity contribution < 1.29 is 42.0 Å². The molecule has 1 aliphatic rings. The van der Waals surface area contributed by atoms with Gasteiger partial charge in [0.25, 0.3) is 0 Å². The third-order valence-electron chi connectivity index (χ3n) is 5.47. The highest BCUT2D eigenvalue weighted by Gasteiger charge is 2.51. The number of amides is 1. The molecular formula is C23H28F4N2O5. The van der Waals surface area contributed by atoms with Crippen molar-refractivity contribution in [3.8, 4) is 5.75 Å². The number of nitrogens with one attached hydrogen (secondary N) is 1. The number of ether oxygens (including phenoxy) is 2.